The predicted octanol–water partition coefficient (Wildman–Crippen LogP) is 5.17. The molecule has 106 valence electrons. The Balaban J connectivity index is 2.23. The van der Waals surface area contributed by atoms with Crippen molar-refractivity contribution in [2.75, 3.05) is 5.32 Å². The SMILES string of the molecule is CCCn1cc(Br)cc1C(=O)Nc1ccc(I)cc1Cl. The van der Waals surface area contributed by atoms with Crippen molar-refractivity contribution < 1.29 is 4.79 Å². The van der Waals surface area contributed by atoms with Crippen LogP contribution < -0.4 is 5.32 Å². The van der Waals surface area contributed by atoms with E-state index in [9.17, 15) is 4.79 Å². The van der Waals surface area contributed by atoms with Gasteiger partial charge in [-0.15, -0.1) is 0 Å². The first-order valence-electron chi connectivity index (χ1n) is 6.13. The molecule has 3 nitrogen and oxygen atoms in total. The predicted molar refractivity (Wildman–Crippen MR) is 94.5 cm³/mol. The lowest BCUT2D eigenvalue weighted by molar-refractivity contribution is 0.101. The zero-order valence-electron chi connectivity index (χ0n) is 10.8. The molecule has 0 radical (unpaired) electrons. The molecule has 0 aliphatic carbocycles. The van der Waals surface area contributed by atoms with Gasteiger partial charge in [-0.25, -0.2) is 0 Å². The smallest absolute Gasteiger partial charge is 0.272 e. The number of aromatic nitrogens is 1. The van der Waals surface area contributed by atoms with Crippen LogP contribution in [0.2, 0.25) is 5.02 Å². The van der Waals surface area contributed by atoms with Gasteiger partial charge in [-0.3, -0.25) is 4.79 Å². The fourth-order valence-corrected chi connectivity index (χ4v) is 3.24. The first-order chi connectivity index (χ1) is 9.51. The van der Waals surface area contributed by atoms with E-state index in [-0.39, 0.29) is 5.91 Å². The van der Waals surface area contributed by atoms with Gasteiger partial charge in [-0.1, -0.05) is 18.5 Å². The number of carbonyl (C=O) groups is 1. The molecule has 6 heteroatoms. The van der Waals surface area contributed by atoms with Gasteiger partial charge < -0.3 is 9.88 Å². The maximum absolute atomic E-state index is 12.3. The van der Waals surface area contributed by atoms with Crippen molar-refractivity contribution >= 4 is 61.7 Å². The van der Waals surface area contributed by atoms with Crippen LogP contribution in [-0.2, 0) is 6.54 Å². The number of hydrogen-bond donors (Lipinski definition) is 1. The van der Waals surface area contributed by atoms with Crippen LogP contribution in [0.4, 0.5) is 5.69 Å². The Bertz CT molecular complexity index is 642. The molecule has 2 rings (SSSR count). The maximum Gasteiger partial charge on any atom is 0.272 e. The number of anilines is 1. The average Bonchev–Trinajstić information content (AvgIpc) is 2.74. The van der Waals surface area contributed by atoms with Crippen molar-refractivity contribution in [2.24, 2.45) is 0 Å². The number of nitrogens with one attached hydrogen (secondary N) is 1. The highest BCUT2D eigenvalue weighted by Crippen LogP contribution is 2.25. The number of carbonyl (C=O) groups excluding carboxylic acids is 1. The molecule has 2 aromatic rings. The van der Waals surface area contributed by atoms with Crippen LogP contribution in [0.1, 0.15) is 23.8 Å². The first-order valence-corrected chi connectivity index (χ1v) is 8.38. The standard InChI is InChI=1S/C14H13BrClIN2O/c1-2-5-19-8-9(15)6-13(19)14(20)18-12-4-3-10(17)7-11(12)16/h3-4,6-8H,2,5H2,1H3,(H,18,20). The van der Waals surface area contributed by atoms with E-state index in [1.54, 1.807) is 0 Å². The fourth-order valence-electron chi connectivity index (χ4n) is 1.87. The van der Waals surface area contributed by atoms with Crippen LogP contribution in [0.15, 0.2) is 34.9 Å². The Morgan fingerprint density at radius 2 is 2.20 bits per heavy atom. The summed E-state index contributed by atoms with van der Waals surface area (Å²) in [5, 5.41) is 3.39. The Morgan fingerprint density at radius 3 is 2.85 bits per heavy atom. The summed E-state index contributed by atoms with van der Waals surface area (Å²) in [6, 6.07) is 7.34. The quantitative estimate of drug-likeness (QED) is 0.619. The van der Waals surface area contributed by atoms with Crippen LogP contribution in [0.5, 0.6) is 0 Å². The largest absolute Gasteiger partial charge is 0.342 e. The summed E-state index contributed by atoms with van der Waals surface area (Å²) in [7, 11) is 0. The lowest BCUT2D eigenvalue weighted by Gasteiger charge is -2.10. The Kier molecular flexibility index (Phi) is 5.51. The number of benzene rings is 1. The second-order valence-corrected chi connectivity index (χ2v) is 6.88. The summed E-state index contributed by atoms with van der Waals surface area (Å²) in [4.78, 5) is 12.3. The van der Waals surface area contributed by atoms with Crippen LogP contribution >= 0.6 is 50.1 Å². The Morgan fingerprint density at radius 1 is 1.45 bits per heavy atom. The zero-order valence-corrected chi connectivity index (χ0v) is 15.3. The summed E-state index contributed by atoms with van der Waals surface area (Å²) in [6.45, 7) is 2.88. The number of aryl methyl sites for hydroxylation is 1. The molecule has 0 unspecified atom stereocenters. The van der Waals surface area contributed by atoms with Crippen LogP contribution in [0, 0.1) is 3.57 Å². The van der Waals surface area contributed by atoms with Crippen molar-refractivity contribution in [2.45, 2.75) is 19.9 Å². The van der Waals surface area contributed by atoms with Crippen molar-refractivity contribution in [1.82, 2.24) is 4.57 Å². The molecule has 1 heterocycles. The van der Waals surface area contributed by atoms with Gasteiger partial charge in [-0.2, -0.15) is 0 Å². The summed E-state index contributed by atoms with van der Waals surface area (Å²) in [6.07, 6.45) is 2.87. The average molecular weight is 468 g/mol. The van der Waals surface area contributed by atoms with Gasteiger partial charge in [0.2, 0.25) is 0 Å². The van der Waals surface area contributed by atoms with E-state index in [4.69, 9.17) is 11.6 Å². The van der Waals surface area contributed by atoms with Gasteiger partial charge >= 0.3 is 0 Å². The van der Waals surface area contributed by atoms with Crippen LogP contribution in [0.3, 0.4) is 0 Å². The van der Waals surface area contributed by atoms with E-state index in [1.807, 2.05) is 35.0 Å². The molecule has 0 fully saturated rings. The number of hydrogen-bond acceptors (Lipinski definition) is 1. The maximum atomic E-state index is 12.3. The number of amides is 1. The number of rotatable bonds is 4. The molecule has 0 bridgehead atoms. The van der Waals surface area contributed by atoms with Crippen LogP contribution in [0.25, 0.3) is 0 Å². The lowest BCUT2D eigenvalue weighted by atomic mass is 10.3. The van der Waals surface area contributed by atoms with Gasteiger partial charge in [0.25, 0.3) is 5.91 Å². The first kappa shape index (κ1) is 15.9. The highest BCUT2D eigenvalue weighted by atomic mass is 127. The molecular formula is C14H13BrClIN2O. The molecule has 20 heavy (non-hydrogen) atoms. The normalized spacial score (nSPS) is 10.6. The fraction of sp³-hybridized carbons (Fsp3) is 0.214. The van der Waals surface area contributed by atoms with Gasteiger partial charge in [0.15, 0.2) is 0 Å². The van der Waals surface area contributed by atoms with Crippen molar-refractivity contribution in [3.63, 3.8) is 0 Å². The Labute approximate surface area is 145 Å². The summed E-state index contributed by atoms with van der Waals surface area (Å²) in [5.74, 6) is -0.160. The third-order valence-electron chi connectivity index (χ3n) is 2.74. The van der Waals surface area contributed by atoms with E-state index in [0.717, 1.165) is 21.0 Å². The Hall–Kier alpha value is -0.530. The summed E-state index contributed by atoms with van der Waals surface area (Å²) in [5.41, 5.74) is 1.24. The highest BCUT2D eigenvalue weighted by Gasteiger charge is 2.14. The molecule has 0 saturated heterocycles. The topological polar surface area (TPSA) is 34.0 Å². The monoisotopic (exact) mass is 466 g/mol. The second kappa shape index (κ2) is 6.95. The highest BCUT2D eigenvalue weighted by molar-refractivity contribution is 14.1. The molecule has 1 aromatic heterocycles. The molecule has 1 amide bonds. The zero-order chi connectivity index (χ0) is 14.7. The van der Waals surface area contributed by atoms with Crippen molar-refractivity contribution in [3.05, 3.63) is 49.2 Å². The number of halogens is 3. The van der Waals surface area contributed by atoms with Gasteiger partial charge in [-0.05, 0) is 69.2 Å². The number of nitrogens with zero attached hydrogens (tertiary/aromatic N) is 1. The molecular weight excluding hydrogens is 454 g/mol. The molecule has 0 atom stereocenters. The van der Waals surface area contributed by atoms with Gasteiger partial charge in [0, 0.05) is 20.8 Å². The summed E-state index contributed by atoms with van der Waals surface area (Å²) < 4.78 is 3.85. The molecule has 1 aromatic carbocycles. The van der Waals surface area contributed by atoms with E-state index in [2.05, 4.69) is 50.8 Å². The van der Waals surface area contributed by atoms with Crippen LogP contribution in [-0.4, -0.2) is 10.5 Å². The van der Waals surface area contributed by atoms with E-state index in [1.165, 1.54) is 0 Å². The van der Waals surface area contributed by atoms with E-state index < -0.39 is 0 Å². The molecule has 0 aliphatic rings. The van der Waals surface area contributed by atoms with Gasteiger partial charge in [0.05, 0.1) is 10.7 Å². The molecule has 0 saturated carbocycles. The van der Waals surface area contributed by atoms with Gasteiger partial charge in [0.1, 0.15) is 5.69 Å². The van der Waals surface area contributed by atoms with E-state index >= 15 is 0 Å². The lowest BCUT2D eigenvalue weighted by Crippen LogP contribution is -2.17. The molecule has 0 spiro atoms. The van der Waals surface area contributed by atoms with E-state index in [0.29, 0.717) is 16.4 Å². The minimum absolute atomic E-state index is 0.160. The molecule has 1 N–H and O–H groups in total. The molecule has 0 aliphatic heterocycles. The third-order valence-corrected chi connectivity index (χ3v) is 4.16. The second-order valence-electron chi connectivity index (χ2n) is 4.32. The third kappa shape index (κ3) is 3.77. The van der Waals surface area contributed by atoms with Crippen molar-refractivity contribution in [3.8, 4) is 0 Å². The minimum atomic E-state index is -0.160. The summed E-state index contributed by atoms with van der Waals surface area (Å²) >= 11 is 11.7. The van der Waals surface area contributed by atoms with Crippen molar-refractivity contribution in [1.29, 1.82) is 0 Å². The minimum Gasteiger partial charge on any atom is -0.342 e.